The molecule has 1 aromatic carbocycles. The van der Waals surface area contributed by atoms with Crippen molar-refractivity contribution < 1.29 is 4.74 Å². The Kier molecular flexibility index (Phi) is 2.71. The van der Waals surface area contributed by atoms with Crippen LogP contribution in [-0.4, -0.2) is 16.3 Å². The van der Waals surface area contributed by atoms with Gasteiger partial charge in [0.25, 0.3) is 0 Å². The van der Waals surface area contributed by atoms with E-state index < -0.39 is 0 Å². The van der Waals surface area contributed by atoms with Crippen molar-refractivity contribution in [2.75, 3.05) is 0 Å². The molecule has 11 heavy (non-hydrogen) atoms. The van der Waals surface area contributed by atoms with Crippen LogP contribution in [0.3, 0.4) is 0 Å². The van der Waals surface area contributed by atoms with E-state index in [1.807, 2.05) is 38.1 Å². The Morgan fingerprint density at radius 3 is 2.18 bits per heavy atom. The summed E-state index contributed by atoms with van der Waals surface area (Å²) in [6.45, 7) is 4.03. The second kappa shape index (κ2) is 3.58. The lowest BCUT2D eigenvalue weighted by molar-refractivity contribution is 0.242. The van der Waals surface area contributed by atoms with Crippen LogP contribution in [0.25, 0.3) is 0 Å². The lowest BCUT2D eigenvalue weighted by Crippen LogP contribution is -2.07. The molecule has 0 fully saturated rings. The van der Waals surface area contributed by atoms with Crippen molar-refractivity contribution in [3.05, 3.63) is 24.3 Å². The second-order valence-corrected chi connectivity index (χ2v) is 3.27. The Labute approximate surface area is 70.8 Å². The molecular formula is C9H11OSi. The summed E-state index contributed by atoms with van der Waals surface area (Å²) in [5, 5.41) is 1.07. The molecule has 3 radical (unpaired) electrons. The molecule has 0 atom stereocenters. The third-order valence-electron chi connectivity index (χ3n) is 1.23. The van der Waals surface area contributed by atoms with Crippen molar-refractivity contribution in [1.82, 2.24) is 0 Å². The minimum absolute atomic E-state index is 0.246. The third kappa shape index (κ3) is 2.76. The molecule has 0 aliphatic rings. The van der Waals surface area contributed by atoms with Crippen LogP contribution >= 0.6 is 0 Å². The van der Waals surface area contributed by atoms with E-state index >= 15 is 0 Å². The van der Waals surface area contributed by atoms with Crippen LogP contribution in [0.5, 0.6) is 5.75 Å². The summed E-state index contributed by atoms with van der Waals surface area (Å²) in [5.41, 5.74) is 0. The highest BCUT2D eigenvalue weighted by atomic mass is 28.1. The standard InChI is InChI=1S/C9H11OSi/c1-7(2)10-8-3-5-9(11)6-4-8/h3-7H,1-2H3. The zero-order valence-electron chi connectivity index (χ0n) is 6.79. The minimum Gasteiger partial charge on any atom is -0.491 e. The van der Waals surface area contributed by atoms with E-state index in [1.165, 1.54) is 0 Å². The van der Waals surface area contributed by atoms with E-state index in [9.17, 15) is 0 Å². The molecule has 0 amide bonds. The molecule has 0 aromatic heterocycles. The quantitative estimate of drug-likeness (QED) is 0.597. The summed E-state index contributed by atoms with van der Waals surface area (Å²) < 4.78 is 5.45. The molecule has 0 heterocycles. The highest BCUT2D eigenvalue weighted by molar-refractivity contribution is 6.32. The topological polar surface area (TPSA) is 9.23 Å². The predicted molar refractivity (Wildman–Crippen MR) is 47.6 cm³/mol. The van der Waals surface area contributed by atoms with E-state index in [2.05, 4.69) is 10.2 Å². The molecular weight excluding hydrogens is 152 g/mol. The van der Waals surface area contributed by atoms with E-state index in [4.69, 9.17) is 4.74 Å². The summed E-state index contributed by atoms with van der Waals surface area (Å²) in [5.74, 6) is 0.919. The molecule has 0 unspecified atom stereocenters. The Bertz CT molecular complexity index is 216. The maximum atomic E-state index is 5.45. The van der Waals surface area contributed by atoms with Crippen LogP contribution in [0.4, 0.5) is 0 Å². The van der Waals surface area contributed by atoms with Crippen LogP contribution in [0.2, 0.25) is 0 Å². The van der Waals surface area contributed by atoms with Crippen LogP contribution in [0, 0.1) is 0 Å². The van der Waals surface area contributed by atoms with Gasteiger partial charge in [-0.3, -0.25) is 0 Å². The first kappa shape index (κ1) is 8.33. The average molecular weight is 163 g/mol. The van der Waals surface area contributed by atoms with Gasteiger partial charge in [0, 0.05) is 0 Å². The highest BCUT2D eigenvalue weighted by Crippen LogP contribution is 2.08. The molecule has 0 bridgehead atoms. The Hall–Kier alpha value is -0.763. The van der Waals surface area contributed by atoms with Gasteiger partial charge in [-0.05, 0) is 26.0 Å². The fraction of sp³-hybridized carbons (Fsp3) is 0.333. The first-order valence-corrected chi connectivity index (χ1v) is 4.17. The average Bonchev–Trinajstić information content (AvgIpc) is 1.93. The Morgan fingerprint density at radius 2 is 1.73 bits per heavy atom. The van der Waals surface area contributed by atoms with Gasteiger partial charge in [0.1, 0.15) is 5.75 Å². The zero-order chi connectivity index (χ0) is 8.27. The number of ether oxygens (including phenoxy) is 1. The second-order valence-electron chi connectivity index (χ2n) is 2.69. The van der Waals surface area contributed by atoms with Crippen molar-refractivity contribution in [3.8, 4) is 5.75 Å². The van der Waals surface area contributed by atoms with Gasteiger partial charge in [0.15, 0.2) is 0 Å². The number of benzene rings is 1. The summed E-state index contributed by atoms with van der Waals surface area (Å²) in [6.07, 6.45) is 0.246. The summed E-state index contributed by atoms with van der Waals surface area (Å²) in [7, 11) is 3.40. The molecule has 1 aromatic rings. The fourth-order valence-electron chi connectivity index (χ4n) is 0.806. The SMILES string of the molecule is CC(C)Oc1ccc([Si])cc1. The van der Waals surface area contributed by atoms with Gasteiger partial charge in [-0.2, -0.15) is 0 Å². The maximum absolute atomic E-state index is 5.45. The van der Waals surface area contributed by atoms with E-state index in [0.29, 0.717) is 0 Å². The van der Waals surface area contributed by atoms with Crippen LogP contribution in [0.1, 0.15) is 13.8 Å². The van der Waals surface area contributed by atoms with Crippen molar-refractivity contribution >= 4 is 15.4 Å². The fourth-order valence-corrected chi connectivity index (χ4v) is 0.972. The van der Waals surface area contributed by atoms with Crippen LogP contribution in [0.15, 0.2) is 24.3 Å². The Morgan fingerprint density at radius 1 is 1.18 bits per heavy atom. The zero-order valence-corrected chi connectivity index (χ0v) is 7.79. The van der Waals surface area contributed by atoms with Gasteiger partial charge in [0.05, 0.1) is 16.3 Å². The maximum Gasteiger partial charge on any atom is 0.119 e. The number of hydrogen-bond acceptors (Lipinski definition) is 1. The predicted octanol–water partition coefficient (Wildman–Crippen LogP) is 1.27. The smallest absolute Gasteiger partial charge is 0.119 e. The summed E-state index contributed by atoms with van der Waals surface area (Å²) >= 11 is 0. The first-order chi connectivity index (χ1) is 5.18. The van der Waals surface area contributed by atoms with E-state index in [0.717, 1.165) is 10.9 Å². The minimum atomic E-state index is 0.246. The van der Waals surface area contributed by atoms with Gasteiger partial charge in [-0.15, -0.1) is 0 Å². The molecule has 0 spiro atoms. The van der Waals surface area contributed by atoms with Crippen molar-refractivity contribution in [1.29, 1.82) is 0 Å². The van der Waals surface area contributed by atoms with Crippen LogP contribution < -0.4 is 9.92 Å². The van der Waals surface area contributed by atoms with Gasteiger partial charge in [-0.1, -0.05) is 17.3 Å². The summed E-state index contributed by atoms with van der Waals surface area (Å²) in [6, 6.07) is 7.83. The van der Waals surface area contributed by atoms with Crippen LogP contribution in [-0.2, 0) is 0 Å². The normalized spacial score (nSPS) is 10.2. The lowest BCUT2D eigenvalue weighted by Gasteiger charge is -2.08. The van der Waals surface area contributed by atoms with Crippen molar-refractivity contribution in [2.45, 2.75) is 20.0 Å². The molecule has 2 heteroatoms. The van der Waals surface area contributed by atoms with Crippen molar-refractivity contribution in [2.24, 2.45) is 0 Å². The molecule has 0 N–H and O–H groups in total. The molecule has 0 aliphatic heterocycles. The first-order valence-electron chi connectivity index (χ1n) is 3.67. The molecule has 0 aliphatic carbocycles. The molecule has 1 nitrogen and oxygen atoms in total. The van der Waals surface area contributed by atoms with Gasteiger partial charge in [0.2, 0.25) is 0 Å². The Balaban J connectivity index is 2.66. The van der Waals surface area contributed by atoms with Gasteiger partial charge in [-0.25, -0.2) is 0 Å². The largest absolute Gasteiger partial charge is 0.491 e. The molecule has 0 saturated carbocycles. The summed E-state index contributed by atoms with van der Waals surface area (Å²) in [4.78, 5) is 0. The monoisotopic (exact) mass is 163 g/mol. The van der Waals surface area contributed by atoms with E-state index in [-0.39, 0.29) is 6.10 Å². The van der Waals surface area contributed by atoms with Crippen molar-refractivity contribution in [3.63, 3.8) is 0 Å². The van der Waals surface area contributed by atoms with E-state index in [1.54, 1.807) is 0 Å². The lowest BCUT2D eigenvalue weighted by atomic mass is 10.3. The van der Waals surface area contributed by atoms with Gasteiger partial charge >= 0.3 is 0 Å². The highest BCUT2D eigenvalue weighted by Gasteiger charge is 1.94. The number of rotatable bonds is 2. The molecule has 1 rings (SSSR count). The molecule has 57 valence electrons. The number of hydrogen-bond donors (Lipinski definition) is 0. The van der Waals surface area contributed by atoms with Gasteiger partial charge < -0.3 is 4.74 Å². The third-order valence-corrected chi connectivity index (χ3v) is 1.56. The molecule has 0 saturated heterocycles.